The molecule has 1 heterocycles. The first-order chi connectivity index (χ1) is 11.3. The van der Waals surface area contributed by atoms with E-state index in [4.69, 9.17) is 0 Å². The van der Waals surface area contributed by atoms with Crippen LogP contribution in [0.1, 0.15) is 11.1 Å². The fraction of sp³-hybridized carbons (Fsp3) is 0.188. The monoisotopic (exact) mass is 395 g/mol. The summed E-state index contributed by atoms with van der Waals surface area (Å²) in [5, 5.41) is 2.53. The van der Waals surface area contributed by atoms with E-state index < -0.39 is 23.0 Å². The van der Waals surface area contributed by atoms with Crippen LogP contribution in [0.25, 0.3) is 6.08 Å². The first-order valence-corrected chi connectivity index (χ1v) is 7.75. The quantitative estimate of drug-likeness (QED) is 0.793. The van der Waals surface area contributed by atoms with E-state index in [9.17, 15) is 18.8 Å². The maximum atomic E-state index is 13.6. The molecular formula is C16H15BrFN3O3. The molecule has 0 aliphatic carbocycles. The molecule has 126 valence electrons. The first kappa shape index (κ1) is 17.9. The predicted molar refractivity (Wildman–Crippen MR) is 91.9 cm³/mol. The van der Waals surface area contributed by atoms with Crippen molar-refractivity contribution < 1.29 is 9.18 Å². The number of nitrogens with one attached hydrogen (secondary N) is 1. The van der Waals surface area contributed by atoms with Crippen molar-refractivity contribution in [2.45, 2.75) is 6.54 Å². The molecule has 0 bridgehead atoms. The van der Waals surface area contributed by atoms with E-state index in [0.717, 1.165) is 10.6 Å². The zero-order chi connectivity index (χ0) is 17.9. The Morgan fingerprint density at radius 2 is 2.04 bits per heavy atom. The van der Waals surface area contributed by atoms with Gasteiger partial charge in [0.05, 0.1) is 5.56 Å². The largest absolute Gasteiger partial charge is 0.348 e. The summed E-state index contributed by atoms with van der Waals surface area (Å²) in [6.07, 6.45) is 3.83. The molecule has 0 spiro atoms. The molecule has 0 radical (unpaired) electrons. The van der Waals surface area contributed by atoms with Crippen molar-refractivity contribution in [3.8, 4) is 0 Å². The number of halogens is 2. The third-order valence-electron chi connectivity index (χ3n) is 3.35. The van der Waals surface area contributed by atoms with Crippen LogP contribution >= 0.6 is 15.9 Å². The van der Waals surface area contributed by atoms with Crippen LogP contribution in [0.5, 0.6) is 0 Å². The highest BCUT2D eigenvalue weighted by molar-refractivity contribution is 9.10. The molecule has 1 aromatic heterocycles. The van der Waals surface area contributed by atoms with Crippen molar-refractivity contribution in [2.24, 2.45) is 14.1 Å². The standard InChI is InChI=1S/C16H15BrFN3O3/c1-20-9-10(15(23)21(2)16(20)24)3-6-14(22)19-8-11-7-12(17)4-5-13(11)18/h3-7,9H,8H2,1-2H3,(H,19,22)/b6-3+. The number of carbonyl (C=O) groups is 1. The van der Waals surface area contributed by atoms with Crippen molar-refractivity contribution in [1.82, 2.24) is 14.5 Å². The second-order valence-electron chi connectivity index (χ2n) is 5.13. The summed E-state index contributed by atoms with van der Waals surface area (Å²) in [5.74, 6) is -0.903. The van der Waals surface area contributed by atoms with E-state index in [1.54, 1.807) is 12.1 Å². The smallest absolute Gasteiger partial charge is 0.330 e. The maximum absolute atomic E-state index is 13.6. The highest BCUT2D eigenvalue weighted by atomic mass is 79.9. The van der Waals surface area contributed by atoms with Gasteiger partial charge in [-0.25, -0.2) is 9.18 Å². The molecule has 24 heavy (non-hydrogen) atoms. The van der Waals surface area contributed by atoms with Crippen LogP contribution in [-0.2, 0) is 25.4 Å². The van der Waals surface area contributed by atoms with E-state index in [2.05, 4.69) is 21.2 Å². The van der Waals surface area contributed by atoms with Crippen LogP contribution in [0.4, 0.5) is 4.39 Å². The van der Waals surface area contributed by atoms with Gasteiger partial charge >= 0.3 is 5.69 Å². The van der Waals surface area contributed by atoms with Crippen molar-refractivity contribution in [3.63, 3.8) is 0 Å². The lowest BCUT2D eigenvalue weighted by molar-refractivity contribution is -0.116. The molecule has 0 unspecified atom stereocenters. The van der Waals surface area contributed by atoms with Gasteiger partial charge in [-0.15, -0.1) is 0 Å². The van der Waals surface area contributed by atoms with E-state index in [-0.39, 0.29) is 12.1 Å². The van der Waals surface area contributed by atoms with Gasteiger partial charge in [-0.2, -0.15) is 0 Å². The number of rotatable bonds is 4. The normalized spacial score (nSPS) is 11.0. The van der Waals surface area contributed by atoms with Gasteiger partial charge in [0.1, 0.15) is 5.82 Å². The van der Waals surface area contributed by atoms with Crippen LogP contribution in [0.3, 0.4) is 0 Å². The van der Waals surface area contributed by atoms with E-state index in [1.165, 1.54) is 37.0 Å². The minimum Gasteiger partial charge on any atom is -0.348 e. The Hall–Kier alpha value is -2.48. The first-order valence-electron chi connectivity index (χ1n) is 6.96. The summed E-state index contributed by atoms with van der Waals surface area (Å²) in [6.45, 7) is 0.0136. The number of amides is 1. The molecule has 0 fully saturated rings. The zero-order valence-corrected chi connectivity index (χ0v) is 14.6. The number of aryl methyl sites for hydroxylation is 1. The number of hydrogen-bond donors (Lipinski definition) is 1. The van der Waals surface area contributed by atoms with Gasteiger partial charge in [-0.3, -0.25) is 14.2 Å². The summed E-state index contributed by atoms with van der Waals surface area (Å²) in [6, 6.07) is 4.44. The molecule has 0 saturated carbocycles. The van der Waals surface area contributed by atoms with Gasteiger partial charge in [0, 0.05) is 42.9 Å². The van der Waals surface area contributed by atoms with Crippen molar-refractivity contribution >= 4 is 27.9 Å². The Morgan fingerprint density at radius 3 is 2.75 bits per heavy atom. The molecule has 0 saturated heterocycles. The summed E-state index contributed by atoms with van der Waals surface area (Å²) in [7, 11) is 2.87. The fourth-order valence-electron chi connectivity index (χ4n) is 2.04. The number of nitrogens with zero attached hydrogens (tertiary/aromatic N) is 2. The van der Waals surface area contributed by atoms with Crippen LogP contribution in [0.15, 0.2) is 44.5 Å². The number of hydrogen-bond acceptors (Lipinski definition) is 3. The molecular weight excluding hydrogens is 381 g/mol. The zero-order valence-electron chi connectivity index (χ0n) is 13.0. The molecule has 1 N–H and O–H groups in total. The van der Waals surface area contributed by atoms with Gasteiger partial charge in [-0.1, -0.05) is 15.9 Å². The lowest BCUT2D eigenvalue weighted by Gasteiger charge is -2.05. The highest BCUT2D eigenvalue weighted by Gasteiger charge is 2.06. The fourth-order valence-corrected chi connectivity index (χ4v) is 2.44. The second-order valence-corrected chi connectivity index (χ2v) is 6.04. The number of aromatic nitrogens is 2. The maximum Gasteiger partial charge on any atom is 0.330 e. The van der Waals surface area contributed by atoms with E-state index >= 15 is 0 Å². The lowest BCUT2D eigenvalue weighted by atomic mass is 10.2. The molecule has 0 aliphatic heterocycles. The summed E-state index contributed by atoms with van der Waals surface area (Å²) >= 11 is 3.23. The number of carbonyl (C=O) groups excluding carboxylic acids is 1. The Morgan fingerprint density at radius 1 is 1.33 bits per heavy atom. The average molecular weight is 396 g/mol. The minimum atomic E-state index is -0.500. The molecule has 8 heteroatoms. The van der Waals surface area contributed by atoms with Gasteiger partial charge < -0.3 is 9.88 Å². The Kier molecular flexibility index (Phi) is 5.50. The molecule has 0 atom stereocenters. The van der Waals surface area contributed by atoms with Gasteiger partial charge in [0.25, 0.3) is 5.56 Å². The molecule has 0 aliphatic rings. The molecule has 1 amide bonds. The third kappa shape index (κ3) is 4.08. The summed E-state index contributed by atoms with van der Waals surface area (Å²) in [4.78, 5) is 35.3. The Balaban J connectivity index is 2.10. The molecule has 2 aromatic rings. The van der Waals surface area contributed by atoms with E-state index in [1.807, 2.05) is 0 Å². The third-order valence-corrected chi connectivity index (χ3v) is 3.84. The van der Waals surface area contributed by atoms with Crippen LogP contribution in [-0.4, -0.2) is 15.0 Å². The van der Waals surface area contributed by atoms with Crippen LogP contribution in [0.2, 0.25) is 0 Å². The van der Waals surface area contributed by atoms with Crippen molar-refractivity contribution in [1.29, 1.82) is 0 Å². The van der Waals surface area contributed by atoms with Gasteiger partial charge in [0.15, 0.2) is 0 Å². The SMILES string of the molecule is Cn1cc(/C=C/C(=O)NCc2cc(Br)ccc2F)c(=O)n(C)c1=O. The Bertz CT molecular complexity index is 931. The van der Waals surface area contributed by atoms with E-state index in [0.29, 0.717) is 10.0 Å². The van der Waals surface area contributed by atoms with Crippen molar-refractivity contribution in [3.05, 3.63) is 72.7 Å². The lowest BCUT2D eigenvalue weighted by Crippen LogP contribution is -2.37. The molecule has 1 aromatic carbocycles. The second kappa shape index (κ2) is 7.39. The van der Waals surface area contributed by atoms with Crippen molar-refractivity contribution in [2.75, 3.05) is 0 Å². The molecule has 2 rings (SSSR count). The van der Waals surface area contributed by atoms with Gasteiger partial charge in [0.2, 0.25) is 5.91 Å². The summed E-state index contributed by atoms with van der Waals surface area (Å²) in [5.41, 5.74) is -0.417. The van der Waals surface area contributed by atoms with Gasteiger partial charge in [-0.05, 0) is 24.3 Å². The average Bonchev–Trinajstić information content (AvgIpc) is 2.55. The Labute approximate surface area is 145 Å². The summed E-state index contributed by atoms with van der Waals surface area (Å²) < 4.78 is 16.5. The number of benzene rings is 1. The minimum absolute atomic E-state index is 0.0136. The van der Waals surface area contributed by atoms with Crippen LogP contribution in [0, 0.1) is 5.82 Å². The highest BCUT2D eigenvalue weighted by Crippen LogP contribution is 2.15. The topological polar surface area (TPSA) is 73.1 Å². The van der Waals surface area contributed by atoms with Crippen LogP contribution < -0.4 is 16.6 Å². The predicted octanol–water partition coefficient (Wildman–Crippen LogP) is 1.32. The molecule has 6 nitrogen and oxygen atoms in total.